The van der Waals surface area contributed by atoms with E-state index in [4.69, 9.17) is 4.42 Å². The van der Waals surface area contributed by atoms with Gasteiger partial charge in [0.05, 0.1) is 21.2 Å². The van der Waals surface area contributed by atoms with Gasteiger partial charge in [-0.1, -0.05) is 12.1 Å². The molecule has 0 aliphatic heterocycles. The van der Waals surface area contributed by atoms with Gasteiger partial charge in [-0.3, -0.25) is 4.79 Å². The summed E-state index contributed by atoms with van der Waals surface area (Å²) in [7, 11) is 3.83. The molecule has 0 fully saturated rings. The first-order valence-corrected chi connectivity index (χ1v) is 9.05. The standard InChI is InChI=1S/C20H18N2O3S/c1-11-17(23)12(9-22(2)3)8-13-18(24)14(10-25-19(11)13)20-21-15-6-4-5-7-16(15)26-20/h4-8,10,23H,9H2,1-3H3. The summed E-state index contributed by atoms with van der Waals surface area (Å²) in [6.45, 7) is 2.30. The minimum atomic E-state index is -0.131. The lowest BCUT2D eigenvalue weighted by Gasteiger charge is -2.14. The third-order valence-electron chi connectivity index (χ3n) is 4.36. The molecule has 2 heterocycles. The van der Waals surface area contributed by atoms with Gasteiger partial charge >= 0.3 is 0 Å². The van der Waals surface area contributed by atoms with Gasteiger partial charge in [-0.2, -0.15) is 0 Å². The highest BCUT2D eigenvalue weighted by Crippen LogP contribution is 2.33. The normalized spacial score (nSPS) is 11.7. The molecule has 0 bridgehead atoms. The van der Waals surface area contributed by atoms with E-state index in [1.807, 2.05) is 43.3 Å². The number of hydrogen-bond donors (Lipinski definition) is 1. The molecule has 0 amide bonds. The predicted octanol–water partition coefficient (Wildman–Crippen LogP) is 4.15. The maximum atomic E-state index is 13.1. The molecule has 0 spiro atoms. The molecular weight excluding hydrogens is 348 g/mol. The van der Waals surface area contributed by atoms with Crippen LogP contribution in [0.15, 0.2) is 45.8 Å². The molecule has 0 aliphatic rings. The van der Waals surface area contributed by atoms with Gasteiger partial charge in [0.25, 0.3) is 0 Å². The minimum Gasteiger partial charge on any atom is -0.507 e. The van der Waals surface area contributed by atoms with Crippen LogP contribution in [0.25, 0.3) is 31.8 Å². The fraction of sp³-hybridized carbons (Fsp3) is 0.200. The summed E-state index contributed by atoms with van der Waals surface area (Å²) >= 11 is 1.47. The van der Waals surface area contributed by atoms with Crippen LogP contribution < -0.4 is 5.43 Å². The fourth-order valence-electron chi connectivity index (χ4n) is 3.09. The van der Waals surface area contributed by atoms with E-state index < -0.39 is 0 Å². The van der Waals surface area contributed by atoms with E-state index in [0.717, 1.165) is 10.2 Å². The van der Waals surface area contributed by atoms with Crippen molar-refractivity contribution >= 4 is 32.5 Å². The van der Waals surface area contributed by atoms with Gasteiger partial charge in [0, 0.05) is 17.7 Å². The Bertz CT molecular complexity index is 1160. The van der Waals surface area contributed by atoms with Crippen molar-refractivity contribution in [1.82, 2.24) is 9.88 Å². The van der Waals surface area contributed by atoms with Crippen molar-refractivity contribution < 1.29 is 9.52 Å². The van der Waals surface area contributed by atoms with Crippen LogP contribution in [-0.4, -0.2) is 29.1 Å². The number of benzene rings is 2. The molecule has 2 aromatic heterocycles. The van der Waals surface area contributed by atoms with Crippen molar-refractivity contribution in [3.63, 3.8) is 0 Å². The second kappa shape index (κ2) is 6.23. The highest BCUT2D eigenvalue weighted by Gasteiger charge is 2.18. The molecule has 2 aromatic carbocycles. The Kier molecular flexibility index (Phi) is 4.01. The van der Waals surface area contributed by atoms with Gasteiger partial charge in [0.2, 0.25) is 5.43 Å². The number of rotatable bonds is 3. The van der Waals surface area contributed by atoms with Crippen LogP contribution in [0.1, 0.15) is 11.1 Å². The van der Waals surface area contributed by atoms with Gasteiger partial charge in [-0.15, -0.1) is 11.3 Å². The average molecular weight is 366 g/mol. The Morgan fingerprint density at radius 1 is 1.27 bits per heavy atom. The molecule has 4 rings (SSSR count). The van der Waals surface area contributed by atoms with Crippen molar-refractivity contribution in [3.8, 4) is 16.3 Å². The number of para-hydroxylation sites is 1. The van der Waals surface area contributed by atoms with Gasteiger partial charge in [0.15, 0.2) is 0 Å². The van der Waals surface area contributed by atoms with E-state index in [0.29, 0.717) is 39.2 Å². The maximum absolute atomic E-state index is 13.1. The zero-order valence-electron chi connectivity index (χ0n) is 14.7. The summed E-state index contributed by atoms with van der Waals surface area (Å²) in [4.78, 5) is 19.6. The molecule has 132 valence electrons. The summed E-state index contributed by atoms with van der Waals surface area (Å²) in [6, 6.07) is 9.51. The number of nitrogens with zero attached hydrogens (tertiary/aromatic N) is 2. The Hall–Kier alpha value is -2.70. The van der Waals surface area contributed by atoms with Crippen LogP contribution in [0.2, 0.25) is 0 Å². The first-order valence-electron chi connectivity index (χ1n) is 8.23. The summed E-state index contributed by atoms with van der Waals surface area (Å²) in [5, 5.41) is 11.5. The highest BCUT2D eigenvalue weighted by molar-refractivity contribution is 7.21. The van der Waals surface area contributed by atoms with Crippen LogP contribution in [0, 0.1) is 6.92 Å². The Balaban J connectivity index is 1.96. The number of phenols is 1. The monoisotopic (exact) mass is 366 g/mol. The second-order valence-electron chi connectivity index (χ2n) is 6.59. The lowest BCUT2D eigenvalue weighted by molar-refractivity contribution is 0.385. The van der Waals surface area contributed by atoms with Crippen molar-refractivity contribution in [1.29, 1.82) is 0 Å². The average Bonchev–Trinajstić information content (AvgIpc) is 3.03. The quantitative estimate of drug-likeness (QED) is 0.590. The molecule has 5 nitrogen and oxygen atoms in total. The smallest absolute Gasteiger partial charge is 0.202 e. The number of aryl methyl sites for hydroxylation is 1. The summed E-state index contributed by atoms with van der Waals surface area (Å²) in [5.41, 5.74) is 2.87. The molecule has 0 aliphatic carbocycles. The number of phenolic OH excluding ortho intramolecular Hbond substituents is 1. The van der Waals surface area contributed by atoms with Crippen LogP contribution in [0.4, 0.5) is 0 Å². The van der Waals surface area contributed by atoms with E-state index in [-0.39, 0.29) is 11.2 Å². The van der Waals surface area contributed by atoms with Crippen LogP contribution in [-0.2, 0) is 6.54 Å². The number of fused-ring (bicyclic) bond motifs is 2. The lowest BCUT2D eigenvalue weighted by atomic mass is 10.0. The van der Waals surface area contributed by atoms with E-state index in [1.165, 1.54) is 17.6 Å². The minimum absolute atomic E-state index is 0.131. The molecule has 0 saturated heterocycles. The lowest BCUT2D eigenvalue weighted by Crippen LogP contribution is -2.12. The second-order valence-corrected chi connectivity index (χ2v) is 7.62. The number of aromatic nitrogens is 1. The Morgan fingerprint density at radius 2 is 2.04 bits per heavy atom. The van der Waals surface area contributed by atoms with Crippen molar-refractivity contribution in [3.05, 3.63) is 57.9 Å². The molecule has 0 atom stereocenters. The fourth-order valence-corrected chi connectivity index (χ4v) is 4.06. The summed E-state index contributed by atoms with van der Waals surface area (Å²) in [5.74, 6) is 0.169. The van der Waals surface area contributed by atoms with Crippen molar-refractivity contribution in [2.24, 2.45) is 0 Å². The summed E-state index contributed by atoms with van der Waals surface area (Å²) < 4.78 is 6.76. The third kappa shape index (κ3) is 2.67. The first-order chi connectivity index (χ1) is 12.5. The zero-order valence-corrected chi connectivity index (χ0v) is 15.6. The summed E-state index contributed by atoms with van der Waals surface area (Å²) in [6.07, 6.45) is 1.44. The van der Waals surface area contributed by atoms with Crippen molar-refractivity contribution in [2.75, 3.05) is 14.1 Å². The molecule has 0 unspecified atom stereocenters. The molecule has 1 N–H and O–H groups in total. The zero-order chi connectivity index (χ0) is 18.4. The Labute approximate surface area is 154 Å². The highest BCUT2D eigenvalue weighted by atomic mass is 32.1. The van der Waals surface area contributed by atoms with Gasteiger partial charge in [-0.25, -0.2) is 4.98 Å². The van der Waals surface area contributed by atoms with Gasteiger partial charge < -0.3 is 14.4 Å². The maximum Gasteiger partial charge on any atom is 0.202 e. The molecule has 4 aromatic rings. The molecule has 26 heavy (non-hydrogen) atoms. The SMILES string of the molecule is Cc1c(O)c(CN(C)C)cc2c(=O)c(-c3nc4ccccc4s3)coc12. The van der Waals surface area contributed by atoms with Crippen LogP contribution in [0.5, 0.6) is 5.75 Å². The number of hydrogen-bond acceptors (Lipinski definition) is 6. The predicted molar refractivity (Wildman–Crippen MR) is 105 cm³/mol. The number of thiazole rings is 1. The largest absolute Gasteiger partial charge is 0.507 e. The third-order valence-corrected chi connectivity index (χ3v) is 5.43. The van der Waals surface area contributed by atoms with E-state index in [9.17, 15) is 9.90 Å². The molecular formula is C20H18N2O3S. The topological polar surface area (TPSA) is 66.6 Å². The van der Waals surface area contributed by atoms with E-state index in [2.05, 4.69) is 4.98 Å². The van der Waals surface area contributed by atoms with E-state index >= 15 is 0 Å². The number of aromatic hydroxyl groups is 1. The Morgan fingerprint density at radius 3 is 2.77 bits per heavy atom. The van der Waals surface area contributed by atoms with Gasteiger partial charge in [-0.05, 0) is 39.2 Å². The molecule has 0 radical (unpaired) electrons. The molecule has 6 heteroatoms. The van der Waals surface area contributed by atoms with E-state index in [1.54, 1.807) is 13.0 Å². The van der Waals surface area contributed by atoms with Crippen LogP contribution >= 0.6 is 11.3 Å². The van der Waals surface area contributed by atoms with Gasteiger partial charge in [0.1, 0.15) is 22.6 Å². The first kappa shape index (κ1) is 16.8. The van der Waals surface area contributed by atoms with Crippen LogP contribution in [0.3, 0.4) is 0 Å². The van der Waals surface area contributed by atoms with Crippen molar-refractivity contribution in [2.45, 2.75) is 13.5 Å². The molecule has 0 saturated carbocycles.